The molecule has 0 bridgehead atoms. The summed E-state index contributed by atoms with van der Waals surface area (Å²) in [5.74, 6) is 0. The lowest BCUT2D eigenvalue weighted by molar-refractivity contribution is -0.0412. The van der Waals surface area contributed by atoms with Crippen LogP contribution in [0.2, 0.25) is 0 Å². The fourth-order valence-electron chi connectivity index (χ4n) is 1.98. The maximum atomic E-state index is 8.87. The Labute approximate surface area is 105 Å². The van der Waals surface area contributed by atoms with Gasteiger partial charge < -0.3 is 9.47 Å². The Morgan fingerprint density at radius 1 is 1.35 bits per heavy atom. The molecular weight excluding hydrogens is 214 g/mol. The quantitative estimate of drug-likeness (QED) is 0.640. The molecule has 0 spiro atoms. The zero-order valence-corrected chi connectivity index (χ0v) is 11.2. The van der Waals surface area contributed by atoms with Gasteiger partial charge in [-0.05, 0) is 52.4 Å². The van der Waals surface area contributed by atoms with Gasteiger partial charge in [0, 0.05) is 13.2 Å². The van der Waals surface area contributed by atoms with E-state index >= 15 is 0 Å². The van der Waals surface area contributed by atoms with Gasteiger partial charge in [0.05, 0.1) is 24.2 Å². The number of ether oxygens (including phenoxy) is 2. The summed E-state index contributed by atoms with van der Waals surface area (Å²) in [5, 5.41) is 8.87. The molecule has 0 aromatic heterocycles. The van der Waals surface area contributed by atoms with Gasteiger partial charge in [0.15, 0.2) is 0 Å². The van der Waals surface area contributed by atoms with Gasteiger partial charge in [0.1, 0.15) is 0 Å². The van der Waals surface area contributed by atoms with E-state index in [1.165, 1.54) is 12.8 Å². The van der Waals surface area contributed by atoms with Crippen molar-refractivity contribution in [2.24, 2.45) is 5.41 Å². The van der Waals surface area contributed by atoms with Gasteiger partial charge in [-0.3, -0.25) is 0 Å². The van der Waals surface area contributed by atoms with E-state index in [1.807, 2.05) is 13.8 Å². The number of nitrogens with zero attached hydrogens (tertiary/aromatic N) is 1. The lowest BCUT2D eigenvalue weighted by Gasteiger charge is -2.22. The molecule has 1 atom stereocenters. The van der Waals surface area contributed by atoms with Crippen LogP contribution in [0.5, 0.6) is 0 Å². The molecule has 1 unspecified atom stereocenters. The van der Waals surface area contributed by atoms with Crippen LogP contribution in [0.1, 0.15) is 52.4 Å². The Hall–Kier alpha value is -0.590. The van der Waals surface area contributed by atoms with Crippen molar-refractivity contribution < 1.29 is 9.47 Å². The summed E-state index contributed by atoms with van der Waals surface area (Å²) < 4.78 is 11.2. The minimum absolute atomic E-state index is 0.188. The predicted molar refractivity (Wildman–Crippen MR) is 67.7 cm³/mol. The van der Waals surface area contributed by atoms with E-state index in [0.29, 0.717) is 6.10 Å². The molecule has 1 saturated heterocycles. The second kappa shape index (κ2) is 7.68. The van der Waals surface area contributed by atoms with Crippen LogP contribution in [-0.4, -0.2) is 25.9 Å². The Balaban J connectivity index is 1.92. The lowest BCUT2D eigenvalue weighted by Crippen LogP contribution is -2.24. The van der Waals surface area contributed by atoms with E-state index in [9.17, 15) is 0 Å². The first kappa shape index (κ1) is 14.5. The summed E-state index contributed by atoms with van der Waals surface area (Å²) in [6.07, 6.45) is 6.97. The van der Waals surface area contributed by atoms with Crippen molar-refractivity contribution in [2.45, 2.75) is 58.5 Å². The maximum absolute atomic E-state index is 8.87. The zero-order valence-electron chi connectivity index (χ0n) is 11.2. The van der Waals surface area contributed by atoms with Gasteiger partial charge in [0.2, 0.25) is 0 Å². The van der Waals surface area contributed by atoms with Crippen molar-refractivity contribution in [3.63, 3.8) is 0 Å². The Kier molecular flexibility index (Phi) is 6.54. The average Bonchev–Trinajstić information content (AvgIpc) is 2.35. The average molecular weight is 239 g/mol. The van der Waals surface area contributed by atoms with E-state index in [-0.39, 0.29) is 5.41 Å². The Morgan fingerprint density at radius 3 is 2.82 bits per heavy atom. The second-order valence-corrected chi connectivity index (χ2v) is 5.52. The van der Waals surface area contributed by atoms with Crippen molar-refractivity contribution in [1.29, 1.82) is 5.26 Å². The second-order valence-electron chi connectivity index (χ2n) is 5.52. The third-order valence-corrected chi connectivity index (χ3v) is 3.22. The van der Waals surface area contributed by atoms with Crippen molar-refractivity contribution in [1.82, 2.24) is 0 Å². The van der Waals surface area contributed by atoms with E-state index in [4.69, 9.17) is 14.7 Å². The van der Waals surface area contributed by atoms with Crippen LogP contribution in [0.15, 0.2) is 0 Å². The SMILES string of the molecule is CC(C)(C#N)CCCCOCC1CCCCO1. The van der Waals surface area contributed by atoms with Crippen LogP contribution in [0.25, 0.3) is 0 Å². The Morgan fingerprint density at radius 2 is 2.18 bits per heavy atom. The molecule has 0 N–H and O–H groups in total. The highest BCUT2D eigenvalue weighted by Gasteiger charge is 2.16. The Bertz CT molecular complexity index is 239. The highest BCUT2D eigenvalue weighted by Crippen LogP contribution is 2.21. The van der Waals surface area contributed by atoms with Crippen LogP contribution in [0.4, 0.5) is 0 Å². The van der Waals surface area contributed by atoms with Crippen LogP contribution in [-0.2, 0) is 9.47 Å². The topological polar surface area (TPSA) is 42.2 Å². The molecule has 3 heteroatoms. The predicted octanol–water partition coefficient (Wildman–Crippen LogP) is 3.29. The maximum Gasteiger partial charge on any atom is 0.0808 e. The molecule has 0 radical (unpaired) electrons. The molecule has 1 fully saturated rings. The first-order chi connectivity index (χ1) is 8.14. The summed E-state index contributed by atoms with van der Waals surface area (Å²) in [4.78, 5) is 0. The third kappa shape index (κ3) is 6.65. The molecule has 0 aliphatic carbocycles. The summed E-state index contributed by atoms with van der Waals surface area (Å²) in [6, 6.07) is 2.32. The highest BCUT2D eigenvalue weighted by molar-refractivity contribution is 4.91. The molecule has 17 heavy (non-hydrogen) atoms. The van der Waals surface area contributed by atoms with Gasteiger partial charge in [-0.2, -0.15) is 5.26 Å². The van der Waals surface area contributed by atoms with Crippen LogP contribution >= 0.6 is 0 Å². The van der Waals surface area contributed by atoms with Crippen LogP contribution < -0.4 is 0 Å². The largest absolute Gasteiger partial charge is 0.379 e. The smallest absolute Gasteiger partial charge is 0.0808 e. The van der Waals surface area contributed by atoms with Crippen LogP contribution in [0, 0.1) is 16.7 Å². The van der Waals surface area contributed by atoms with E-state index in [0.717, 1.165) is 45.5 Å². The van der Waals surface area contributed by atoms with Gasteiger partial charge in [-0.15, -0.1) is 0 Å². The van der Waals surface area contributed by atoms with E-state index < -0.39 is 0 Å². The number of unbranched alkanes of at least 4 members (excludes halogenated alkanes) is 1. The normalized spacial score (nSPS) is 21.1. The van der Waals surface area contributed by atoms with Gasteiger partial charge in [0.25, 0.3) is 0 Å². The van der Waals surface area contributed by atoms with Gasteiger partial charge in [-0.1, -0.05) is 0 Å². The van der Waals surface area contributed by atoms with Crippen molar-refractivity contribution in [2.75, 3.05) is 19.8 Å². The third-order valence-electron chi connectivity index (χ3n) is 3.22. The summed E-state index contributed by atoms with van der Waals surface area (Å²) in [6.45, 7) is 6.40. The van der Waals surface area contributed by atoms with Crippen LogP contribution in [0.3, 0.4) is 0 Å². The molecule has 0 saturated carbocycles. The molecule has 1 aliphatic rings. The van der Waals surface area contributed by atoms with Gasteiger partial charge in [-0.25, -0.2) is 0 Å². The van der Waals surface area contributed by atoms with Crippen molar-refractivity contribution >= 4 is 0 Å². The molecule has 1 aliphatic heterocycles. The van der Waals surface area contributed by atoms with Gasteiger partial charge >= 0.3 is 0 Å². The number of hydrogen-bond donors (Lipinski definition) is 0. The van der Waals surface area contributed by atoms with E-state index in [2.05, 4.69) is 6.07 Å². The molecule has 1 rings (SSSR count). The summed E-state index contributed by atoms with van der Waals surface area (Å²) in [5.41, 5.74) is -0.188. The zero-order chi connectivity index (χ0) is 12.6. The first-order valence-corrected chi connectivity index (χ1v) is 6.75. The number of hydrogen-bond acceptors (Lipinski definition) is 3. The minimum Gasteiger partial charge on any atom is -0.379 e. The molecule has 3 nitrogen and oxygen atoms in total. The fourth-order valence-corrected chi connectivity index (χ4v) is 1.98. The molecule has 1 heterocycles. The molecular formula is C14H25NO2. The summed E-state index contributed by atoms with van der Waals surface area (Å²) in [7, 11) is 0. The molecule has 0 aromatic rings. The summed E-state index contributed by atoms with van der Waals surface area (Å²) >= 11 is 0. The highest BCUT2D eigenvalue weighted by atomic mass is 16.5. The monoisotopic (exact) mass is 239 g/mol. The van der Waals surface area contributed by atoms with Crippen molar-refractivity contribution in [3.05, 3.63) is 0 Å². The molecule has 0 aromatic carbocycles. The fraction of sp³-hybridized carbons (Fsp3) is 0.929. The van der Waals surface area contributed by atoms with Crippen molar-refractivity contribution in [3.8, 4) is 6.07 Å². The van der Waals surface area contributed by atoms with E-state index in [1.54, 1.807) is 0 Å². The first-order valence-electron chi connectivity index (χ1n) is 6.75. The lowest BCUT2D eigenvalue weighted by atomic mass is 9.89. The molecule has 0 amide bonds. The number of rotatable bonds is 7. The minimum atomic E-state index is -0.188. The molecule has 98 valence electrons. The number of nitriles is 1. The standard InChI is InChI=1S/C14H25NO2/c1-14(2,12-15)8-4-6-9-16-11-13-7-3-5-10-17-13/h13H,3-11H2,1-2H3.